The topological polar surface area (TPSA) is 24.5 Å². The summed E-state index contributed by atoms with van der Waals surface area (Å²) in [6.45, 7) is 10.9. The maximum atomic E-state index is 5.72. The average molecular weight is 184 g/mol. The molecule has 3 nitrogen and oxygen atoms in total. The summed E-state index contributed by atoms with van der Waals surface area (Å²) in [6.07, 6.45) is 0.424. The number of ether oxygens (including phenoxy) is 1. The van der Waals surface area contributed by atoms with Gasteiger partial charge in [0.05, 0.1) is 12.7 Å². The summed E-state index contributed by atoms with van der Waals surface area (Å²) in [5.41, 5.74) is 0.280. The summed E-state index contributed by atoms with van der Waals surface area (Å²) in [5, 5.41) is 3.52. The molecule has 0 aliphatic carbocycles. The van der Waals surface area contributed by atoms with Crippen LogP contribution in [0.3, 0.4) is 0 Å². The van der Waals surface area contributed by atoms with Crippen molar-refractivity contribution in [3.63, 3.8) is 0 Å². The van der Waals surface area contributed by atoms with Crippen molar-refractivity contribution in [1.29, 1.82) is 0 Å². The zero-order chi connectivity index (χ0) is 9.47. The third-order valence-electron chi connectivity index (χ3n) is 3.06. The minimum Gasteiger partial charge on any atom is -0.374 e. The van der Waals surface area contributed by atoms with Gasteiger partial charge in [0.2, 0.25) is 0 Å². The molecular formula is C10H20N2O. The highest BCUT2D eigenvalue weighted by Crippen LogP contribution is 2.23. The summed E-state index contributed by atoms with van der Waals surface area (Å²) in [4.78, 5) is 2.50. The molecule has 2 aliphatic heterocycles. The van der Waals surface area contributed by atoms with Crippen LogP contribution in [0.25, 0.3) is 0 Å². The molecule has 1 N–H and O–H groups in total. The molecule has 2 rings (SSSR count). The number of morpholine rings is 1. The first-order valence-corrected chi connectivity index (χ1v) is 5.17. The van der Waals surface area contributed by atoms with E-state index in [0.717, 1.165) is 26.2 Å². The van der Waals surface area contributed by atoms with Crippen LogP contribution in [0.2, 0.25) is 0 Å². The number of fused-ring (bicyclic) bond motifs is 1. The zero-order valence-electron chi connectivity index (χ0n) is 8.84. The molecule has 3 heteroatoms. The van der Waals surface area contributed by atoms with Crippen LogP contribution in [0.5, 0.6) is 0 Å². The van der Waals surface area contributed by atoms with Crippen molar-refractivity contribution in [1.82, 2.24) is 10.2 Å². The van der Waals surface area contributed by atoms with Crippen LogP contribution in [0.4, 0.5) is 0 Å². The lowest BCUT2D eigenvalue weighted by atomic mass is 10.1. The van der Waals surface area contributed by atoms with Crippen molar-refractivity contribution in [3.05, 3.63) is 0 Å². The van der Waals surface area contributed by atoms with E-state index in [9.17, 15) is 0 Å². The Morgan fingerprint density at radius 3 is 2.69 bits per heavy atom. The van der Waals surface area contributed by atoms with Gasteiger partial charge in [-0.1, -0.05) is 0 Å². The minimum atomic E-state index is 0.280. The highest BCUT2D eigenvalue weighted by molar-refractivity contribution is 4.96. The fourth-order valence-electron chi connectivity index (χ4n) is 2.14. The second kappa shape index (κ2) is 3.23. The smallest absolute Gasteiger partial charge is 0.0867 e. The van der Waals surface area contributed by atoms with E-state index in [1.165, 1.54) is 0 Å². The molecule has 0 aromatic carbocycles. The van der Waals surface area contributed by atoms with Gasteiger partial charge in [0.25, 0.3) is 0 Å². The van der Waals surface area contributed by atoms with Crippen LogP contribution >= 0.6 is 0 Å². The summed E-state index contributed by atoms with van der Waals surface area (Å²) >= 11 is 0. The molecular weight excluding hydrogens is 164 g/mol. The van der Waals surface area contributed by atoms with Crippen molar-refractivity contribution in [2.75, 3.05) is 26.2 Å². The largest absolute Gasteiger partial charge is 0.374 e. The van der Waals surface area contributed by atoms with Crippen molar-refractivity contribution in [3.8, 4) is 0 Å². The molecule has 2 atom stereocenters. The van der Waals surface area contributed by atoms with Crippen LogP contribution in [0.15, 0.2) is 0 Å². The predicted octanol–water partition coefficient (Wildman–Crippen LogP) is 0.457. The summed E-state index contributed by atoms with van der Waals surface area (Å²) in [5.74, 6) is 0. The summed E-state index contributed by atoms with van der Waals surface area (Å²) in [7, 11) is 0. The molecule has 2 aliphatic rings. The second-order valence-corrected chi connectivity index (χ2v) is 5.05. The minimum absolute atomic E-state index is 0.280. The summed E-state index contributed by atoms with van der Waals surface area (Å²) < 4.78 is 5.72. The standard InChI is InChI=1S/C10H20N2O/c1-10(2,3)12-6-8-9(7-12)13-5-4-11-8/h8-9,11H,4-7H2,1-3H3/t8-,9+/m0/s1. The molecule has 2 heterocycles. The van der Waals surface area contributed by atoms with Crippen molar-refractivity contribution >= 4 is 0 Å². The molecule has 0 spiro atoms. The van der Waals surface area contributed by atoms with Crippen LogP contribution in [0, 0.1) is 0 Å². The molecule has 0 radical (unpaired) electrons. The van der Waals surface area contributed by atoms with Gasteiger partial charge < -0.3 is 10.1 Å². The molecule has 0 unspecified atom stereocenters. The number of hydrogen-bond acceptors (Lipinski definition) is 3. The maximum absolute atomic E-state index is 5.72. The number of likely N-dealkylation sites (tertiary alicyclic amines) is 1. The lowest BCUT2D eigenvalue weighted by molar-refractivity contribution is 0.0145. The first kappa shape index (κ1) is 9.44. The predicted molar refractivity (Wildman–Crippen MR) is 52.9 cm³/mol. The monoisotopic (exact) mass is 184 g/mol. The van der Waals surface area contributed by atoms with E-state index in [0.29, 0.717) is 12.1 Å². The van der Waals surface area contributed by atoms with E-state index < -0.39 is 0 Å². The Labute approximate surface area is 80.4 Å². The third-order valence-corrected chi connectivity index (χ3v) is 3.06. The number of hydrogen-bond donors (Lipinski definition) is 1. The van der Waals surface area contributed by atoms with Gasteiger partial charge in [0.15, 0.2) is 0 Å². The molecule has 76 valence electrons. The SMILES string of the molecule is CC(C)(C)N1C[C@@H]2NCCO[C@@H]2C1. The van der Waals surface area contributed by atoms with Gasteiger partial charge in [-0.3, -0.25) is 4.90 Å². The molecule has 2 saturated heterocycles. The van der Waals surface area contributed by atoms with Crippen LogP contribution in [-0.4, -0.2) is 48.8 Å². The Kier molecular flexibility index (Phi) is 2.34. The Bertz CT molecular complexity index is 174. The van der Waals surface area contributed by atoms with Crippen molar-refractivity contribution < 1.29 is 4.74 Å². The lowest BCUT2D eigenvalue weighted by Gasteiger charge is -2.31. The fourth-order valence-corrected chi connectivity index (χ4v) is 2.14. The maximum Gasteiger partial charge on any atom is 0.0867 e. The van der Waals surface area contributed by atoms with Crippen LogP contribution < -0.4 is 5.32 Å². The van der Waals surface area contributed by atoms with Gasteiger partial charge >= 0.3 is 0 Å². The van der Waals surface area contributed by atoms with Crippen LogP contribution in [-0.2, 0) is 4.74 Å². The third kappa shape index (κ3) is 1.87. The Morgan fingerprint density at radius 1 is 1.31 bits per heavy atom. The number of nitrogens with one attached hydrogen (secondary N) is 1. The molecule has 0 aromatic heterocycles. The van der Waals surface area contributed by atoms with Crippen LogP contribution in [0.1, 0.15) is 20.8 Å². The lowest BCUT2D eigenvalue weighted by Crippen LogP contribution is -2.47. The van der Waals surface area contributed by atoms with E-state index in [1.54, 1.807) is 0 Å². The van der Waals surface area contributed by atoms with Gasteiger partial charge in [-0.05, 0) is 20.8 Å². The number of rotatable bonds is 0. The van der Waals surface area contributed by atoms with Gasteiger partial charge in [-0.15, -0.1) is 0 Å². The zero-order valence-corrected chi connectivity index (χ0v) is 8.84. The normalized spacial score (nSPS) is 36.2. The van der Waals surface area contributed by atoms with Gasteiger partial charge in [0, 0.05) is 31.2 Å². The first-order valence-electron chi connectivity index (χ1n) is 5.17. The van der Waals surface area contributed by atoms with E-state index >= 15 is 0 Å². The highest BCUT2D eigenvalue weighted by Gasteiger charge is 2.39. The van der Waals surface area contributed by atoms with Gasteiger partial charge in [0.1, 0.15) is 0 Å². The van der Waals surface area contributed by atoms with E-state index in [4.69, 9.17) is 4.74 Å². The first-order chi connectivity index (χ1) is 6.07. The van der Waals surface area contributed by atoms with E-state index in [-0.39, 0.29) is 5.54 Å². The van der Waals surface area contributed by atoms with E-state index in [1.807, 2.05) is 0 Å². The molecule has 13 heavy (non-hydrogen) atoms. The molecule has 0 amide bonds. The molecule has 0 saturated carbocycles. The quantitative estimate of drug-likeness (QED) is 0.592. The average Bonchev–Trinajstić information content (AvgIpc) is 2.45. The Morgan fingerprint density at radius 2 is 2.08 bits per heavy atom. The fraction of sp³-hybridized carbons (Fsp3) is 1.00. The van der Waals surface area contributed by atoms with Crippen molar-refractivity contribution in [2.45, 2.75) is 38.5 Å². The molecule has 0 bridgehead atoms. The van der Waals surface area contributed by atoms with E-state index in [2.05, 4.69) is 31.0 Å². The van der Waals surface area contributed by atoms with Gasteiger partial charge in [-0.25, -0.2) is 0 Å². The second-order valence-electron chi connectivity index (χ2n) is 5.05. The summed E-state index contributed by atoms with van der Waals surface area (Å²) in [6, 6.07) is 0.563. The molecule has 2 fully saturated rings. The van der Waals surface area contributed by atoms with Crippen molar-refractivity contribution in [2.24, 2.45) is 0 Å². The highest BCUT2D eigenvalue weighted by atomic mass is 16.5. The number of nitrogens with zero attached hydrogens (tertiary/aromatic N) is 1. The molecule has 0 aromatic rings. The Hall–Kier alpha value is -0.120. The van der Waals surface area contributed by atoms with Gasteiger partial charge in [-0.2, -0.15) is 0 Å². The Balaban J connectivity index is 1.99.